The Labute approximate surface area is 156 Å². The number of primary amides is 1. The van der Waals surface area contributed by atoms with Crippen molar-refractivity contribution in [2.75, 3.05) is 10.6 Å². The van der Waals surface area contributed by atoms with Gasteiger partial charge >= 0.3 is 0 Å². The Hall–Kier alpha value is -2.35. The van der Waals surface area contributed by atoms with Crippen LogP contribution in [0.15, 0.2) is 18.6 Å². The molecule has 4 N–H and O–H groups in total. The number of nitrogens with zero attached hydrogens (tertiary/aromatic N) is 4. The highest BCUT2D eigenvalue weighted by molar-refractivity contribution is 6.32. The molecule has 8 nitrogen and oxygen atoms in total. The first-order valence-corrected chi connectivity index (χ1v) is 9.30. The van der Waals surface area contributed by atoms with Crippen LogP contribution in [0.1, 0.15) is 26.2 Å². The molecule has 138 valence electrons. The van der Waals surface area contributed by atoms with Crippen molar-refractivity contribution in [1.29, 1.82) is 0 Å². The molecule has 4 atom stereocenters. The van der Waals surface area contributed by atoms with Gasteiger partial charge in [-0.05, 0) is 38.0 Å². The Morgan fingerprint density at radius 3 is 2.92 bits per heavy atom. The van der Waals surface area contributed by atoms with Crippen molar-refractivity contribution in [1.82, 2.24) is 19.7 Å². The molecule has 2 aromatic heterocycles. The number of nitrogens with one attached hydrogen (secondary N) is 2. The molecule has 2 aliphatic rings. The predicted molar refractivity (Wildman–Crippen MR) is 99.2 cm³/mol. The average molecular weight is 376 g/mol. The van der Waals surface area contributed by atoms with Crippen molar-refractivity contribution < 1.29 is 4.79 Å². The Kier molecular flexibility index (Phi) is 4.44. The van der Waals surface area contributed by atoms with Gasteiger partial charge in [0.25, 0.3) is 0 Å². The first-order valence-electron chi connectivity index (χ1n) is 8.93. The second kappa shape index (κ2) is 6.75. The van der Waals surface area contributed by atoms with Crippen molar-refractivity contribution in [2.24, 2.45) is 23.5 Å². The van der Waals surface area contributed by atoms with Crippen LogP contribution in [-0.4, -0.2) is 31.7 Å². The lowest BCUT2D eigenvalue weighted by molar-refractivity contribution is -0.123. The van der Waals surface area contributed by atoms with Crippen LogP contribution in [0.3, 0.4) is 0 Å². The number of halogens is 1. The van der Waals surface area contributed by atoms with Crippen LogP contribution in [0.5, 0.6) is 0 Å². The lowest BCUT2D eigenvalue weighted by Crippen LogP contribution is -2.42. The third-order valence-electron chi connectivity index (χ3n) is 5.51. The number of aromatic nitrogens is 4. The van der Waals surface area contributed by atoms with Gasteiger partial charge in [-0.25, -0.2) is 4.98 Å². The Morgan fingerprint density at radius 2 is 2.19 bits per heavy atom. The first kappa shape index (κ1) is 17.1. The number of hydrogen-bond acceptors (Lipinski definition) is 6. The number of amides is 1. The molecular formula is C17H22ClN7O. The molecule has 0 saturated heterocycles. The van der Waals surface area contributed by atoms with Gasteiger partial charge in [0.1, 0.15) is 5.02 Å². The highest BCUT2D eigenvalue weighted by atomic mass is 35.5. The molecule has 0 unspecified atom stereocenters. The molecule has 2 heterocycles. The summed E-state index contributed by atoms with van der Waals surface area (Å²) in [4.78, 5) is 20.6. The van der Waals surface area contributed by atoms with Crippen LogP contribution in [0.25, 0.3) is 0 Å². The second-order valence-electron chi connectivity index (χ2n) is 7.03. The van der Waals surface area contributed by atoms with Crippen LogP contribution in [0.4, 0.5) is 17.5 Å². The summed E-state index contributed by atoms with van der Waals surface area (Å²) in [6.45, 7) is 2.80. The lowest BCUT2D eigenvalue weighted by atomic mass is 9.84. The van der Waals surface area contributed by atoms with Crippen LogP contribution in [0, 0.1) is 17.8 Å². The lowest BCUT2D eigenvalue weighted by Gasteiger charge is -2.30. The van der Waals surface area contributed by atoms with Crippen LogP contribution in [0.2, 0.25) is 5.02 Å². The van der Waals surface area contributed by atoms with Crippen LogP contribution < -0.4 is 16.4 Å². The van der Waals surface area contributed by atoms with Gasteiger partial charge in [-0.15, -0.1) is 0 Å². The van der Waals surface area contributed by atoms with E-state index in [2.05, 4.69) is 25.7 Å². The van der Waals surface area contributed by atoms with E-state index in [1.165, 1.54) is 0 Å². The first-order chi connectivity index (χ1) is 12.5. The van der Waals surface area contributed by atoms with E-state index >= 15 is 0 Å². The topological polar surface area (TPSA) is 111 Å². The molecule has 2 aliphatic carbocycles. The van der Waals surface area contributed by atoms with E-state index in [9.17, 15) is 4.79 Å². The summed E-state index contributed by atoms with van der Waals surface area (Å²) in [5.41, 5.74) is 6.45. The SMILES string of the molecule is CCn1cc(Nc2ncc(Cl)c(N[C@H]3[C@H]4CC[C@H](C4)[C@H]3C(N)=O)n2)cn1. The zero-order chi connectivity index (χ0) is 18.3. The quantitative estimate of drug-likeness (QED) is 0.715. The molecule has 0 spiro atoms. The molecule has 9 heteroatoms. The minimum absolute atomic E-state index is 0.0191. The molecule has 1 amide bonds. The van der Waals surface area contributed by atoms with E-state index in [0.717, 1.165) is 31.5 Å². The molecule has 2 bridgehead atoms. The van der Waals surface area contributed by atoms with Crippen molar-refractivity contribution >= 4 is 35.0 Å². The molecule has 4 rings (SSSR count). The van der Waals surface area contributed by atoms with E-state index in [1.54, 1.807) is 12.4 Å². The number of anilines is 3. The summed E-state index contributed by atoms with van der Waals surface area (Å²) in [6.07, 6.45) is 8.36. The zero-order valence-electron chi connectivity index (χ0n) is 14.5. The molecule has 0 aromatic carbocycles. The fourth-order valence-electron chi connectivity index (χ4n) is 4.33. The summed E-state index contributed by atoms with van der Waals surface area (Å²) in [5.74, 6) is 1.34. The van der Waals surface area contributed by atoms with Gasteiger partial charge in [0, 0.05) is 18.8 Å². The summed E-state index contributed by atoms with van der Waals surface area (Å²) in [7, 11) is 0. The number of hydrogen-bond donors (Lipinski definition) is 3. The van der Waals surface area contributed by atoms with Gasteiger partial charge in [-0.3, -0.25) is 9.48 Å². The molecule has 2 saturated carbocycles. The van der Waals surface area contributed by atoms with Gasteiger partial charge in [-0.1, -0.05) is 11.6 Å². The fourth-order valence-corrected chi connectivity index (χ4v) is 4.47. The van der Waals surface area contributed by atoms with Crippen LogP contribution in [-0.2, 0) is 11.3 Å². The van der Waals surface area contributed by atoms with Crippen molar-refractivity contribution in [3.05, 3.63) is 23.6 Å². The Balaban J connectivity index is 1.54. The maximum atomic E-state index is 11.9. The van der Waals surface area contributed by atoms with E-state index in [4.69, 9.17) is 17.3 Å². The minimum atomic E-state index is -0.245. The summed E-state index contributed by atoms with van der Waals surface area (Å²) < 4.78 is 1.81. The largest absolute Gasteiger partial charge is 0.369 e. The maximum Gasteiger partial charge on any atom is 0.229 e. The predicted octanol–water partition coefficient (Wildman–Crippen LogP) is 2.40. The third kappa shape index (κ3) is 3.09. The van der Waals surface area contributed by atoms with E-state index in [0.29, 0.717) is 28.6 Å². The smallest absolute Gasteiger partial charge is 0.229 e. The monoisotopic (exact) mass is 375 g/mol. The Bertz CT molecular complexity index is 823. The van der Waals surface area contributed by atoms with Crippen molar-refractivity contribution in [2.45, 2.75) is 38.8 Å². The maximum absolute atomic E-state index is 11.9. The molecule has 2 fully saturated rings. The van der Waals surface area contributed by atoms with Crippen LogP contribution >= 0.6 is 11.6 Å². The molecule has 2 aromatic rings. The number of fused-ring (bicyclic) bond motifs is 2. The number of rotatable bonds is 6. The van der Waals surface area contributed by atoms with E-state index in [1.807, 2.05) is 17.8 Å². The van der Waals surface area contributed by atoms with Gasteiger partial charge in [0.05, 0.1) is 24.0 Å². The van der Waals surface area contributed by atoms with Gasteiger partial charge in [0.15, 0.2) is 5.82 Å². The number of aryl methyl sites for hydroxylation is 1. The van der Waals surface area contributed by atoms with Crippen molar-refractivity contribution in [3.8, 4) is 0 Å². The second-order valence-corrected chi connectivity index (χ2v) is 7.44. The Morgan fingerprint density at radius 1 is 1.38 bits per heavy atom. The normalized spacial score (nSPS) is 26.8. The molecular weight excluding hydrogens is 354 g/mol. The third-order valence-corrected chi connectivity index (χ3v) is 5.78. The highest BCUT2D eigenvalue weighted by Gasteiger charge is 2.50. The van der Waals surface area contributed by atoms with Gasteiger partial charge < -0.3 is 16.4 Å². The summed E-state index contributed by atoms with van der Waals surface area (Å²) >= 11 is 6.29. The van der Waals surface area contributed by atoms with E-state index in [-0.39, 0.29) is 17.9 Å². The zero-order valence-corrected chi connectivity index (χ0v) is 15.3. The minimum Gasteiger partial charge on any atom is -0.369 e. The number of carbonyl (C=O) groups is 1. The highest BCUT2D eigenvalue weighted by Crippen LogP contribution is 2.49. The van der Waals surface area contributed by atoms with E-state index < -0.39 is 0 Å². The average Bonchev–Trinajstić information content (AvgIpc) is 3.33. The standard InChI is InChI=1S/C17H22ClN7O/c1-2-25-8-11(6-21-25)22-17-20-7-12(18)16(24-17)23-14-10-4-3-9(5-10)13(14)15(19)26/h6-10,13-14H,2-5H2,1H3,(H2,19,26)(H2,20,22,23,24)/t9-,10+,13-,14+/m1/s1. The van der Waals surface area contributed by atoms with Gasteiger partial charge in [0.2, 0.25) is 11.9 Å². The molecule has 26 heavy (non-hydrogen) atoms. The summed E-state index contributed by atoms with van der Waals surface area (Å²) in [5, 5.41) is 11.1. The fraction of sp³-hybridized carbons (Fsp3) is 0.529. The number of carbonyl (C=O) groups excluding carboxylic acids is 1. The number of nitrogens with two attached hydrogens (primary N) is 1. The molecule has 0 radical (unpaired) electrons. The van der Waals surface area contributed by atoms with Crippen molar-refractivity contribution in [3.63, 3.8) is 0 Å². The summed E-state index contributed by atoms with van der Waals surface area (Å²) in [6, 6.07) is -0.0191. The molecule has 0 aliphatic heterocycles. The van der Waals surface area contributed by atoms with Gasteiger partial charge in [-0.2, -0.15) is 10.1 Å².